The van der Waals surface area contributed by atoms with E-state index in [1.807, 2.05) is 0 Å². The van der Waals surface area contributed by atoms with E-state index in [2.05, 4.69) is 44.4 Å². The second-order valence-electron chi connectivity index (χ2n) is 11.4. The molecule has 0 radical (unpaired) electrons. The zero-order valence-corrected chi connectivity index (χ0v) is 20.6. The van der Waals surface area contributed by atoms with E-state index in [-0.39, 0.29) is 0 Å². The van der Waals surface area contributed by atoms with Crippen LogP contribution < -0.4 is 0 Å². The van der Waals surface area contributed by atoms with Gasteiger partial charge in [0.15, 0.2) is 0 Å². The van der Waals surface area contributed by atoms with Crippen molar-refractivity contribution in [1.82, 2.24) is 4.90 Å². The lowest BCUT2D eigenvalue weighted by molar-refractivity contribution is -0.00570. The maximum absolute atomic E-state index is 10.2. The van der Waals surface area contributed by atoms with Crippen LogP contribution in [-0.2, 0) is 4.74 Å². The van der Waals surface area contributed by atoms with Crippen LogP contribution in [0.3, 0.4) is 0 Å². The van der Waals surface area contributed by atoms with Gasteiger partial charge in [0.25, 0.3) is 0 Å². The number of morpholine rings is 1. The molecule has 32 heavy (non-hydrogen) atoms. The molecule has 3 aliphatic carbocycles. The van der Waals surface area contributed by atoms with Crippen LogP contribution in [0.1, 0.15) is 72.1 Å². The topological polar surface area (TPSA) is 52.9 Å². The number of rotatable bonds is 5. The van der Waals surface area contributed by atoms with Crippen LogP contribution in [0, 0.1) is 23.2 Å². The Hall–Kier alpha value is -0.940. The Morgan fingerprint density at radius 1 is 1.28 bits per heavy atom. The van der Waals surface area contributed by atoms with Crippen LogP contribution in [0.25, 0.3) is 0 Å². The average Bonchev–Trinajstić information content (AvgIpc) is 3.12. The molecular weight excluding hydrogens is 398 g/mol. The van der Waals surface area contributed by atoms with Gasteiger partial charge in [-0.2, -0.15) is 0 Å². The van der Waals surface area contributed by atoms with Crippen molar-refractivity contribution < 1.29 is 14.9 Å². The maximum atomic E-state index is 10.2. The molecule has 0 amide bonds. The SMILES string of the molecule is C=C1/C(=C\C=C2/CCC[C@]3(C)[C@@H]([C@H](C)CCN4CCOC[C@@H]4C)CC[C@@H]23)C[C@@H](O)C[C@H]1O. The Kier molecular flexibility index (Phi) is 7.66. The van der Waals surface area contributed by atoms with Crippen LogP contribution in [0.15, 0.2) is 35.5 Å². The predicted molar refractivity (Wildman–Crippen MR) is 130 cm³/mol. The highest BCUT2D eigenvalue weighted by atomic mass is 16.5. The molecule has 4 rings (SSSR count). The van der Waals surface area contributed by atoms with Crippen molar-refractivity contribution in [3.05, 3.63) is 35.5 Å². The first kappa shape index (κ1) is 24.2. The van der Waals surface area contributed by atoms with E-state index in [1.165, 1.54) is 45.1 Å². The molecule has 180 valence electrons. The Balaban J connectivity index is 1.43. The Labute approximate surface area is 195 Å². The van der Waals surface area contributed by atoms with Gasteiger partial charge in [-0.05, 0) is 92.7 Å². The van der Waals surface area contributed by atoms with Crippen LogP contribution in [0.4, 0.5) is 0 Å². The lowest BCUT2D eigenvalue weighted by Crippen LogP contribution is -2.45. The molecule has 4 aliphatic rings. The highest BCUT2D eigenvalue weighted by Gasteiger charge is 2.50. The van der Waals surface area contributed by atoms with E-state index in [0.717, 1.165) is 42.7 Å². The van der Waals surface area contributed by atoms with Crippen molar-refractivity contribution in [3.63, 3.8) is 0 Å². The zero-order valence-electron chi connectivity index (χ0n) is 20.6. The monoisotopic (exact) mass is 443 g/mol. The molecule has 0 unspecified atom stereocenters. The molecule has 0 bridgehead atoms. The molecule has 0 aromatic rings. The van der Waals surface area contributed by atoms with Crippen LogP contribution >= 0.6 is 0 Å². The molecular formula is C28H45NO3. The largest absolute Gasteiger partial charge is 0.393 e. The number of fused-ring (bicyclic) bond motifs is 1. The number of aliphatic hydroxyl groups excluding tert-OH is 2. The fraction of sp³-hybridized carbons (Fsp3) is 0.786. The summed E-state index contributed by atoms with van der Waals surface area (Å²) < 4.78 is 5.62. The van der Waals surface area contributed by atoms with E-state index < -0.39 is 12.2 Å². The van der Waals surface area contributed by atoms with Crippen molar-refractivity contribution in [1.29, 1.82) is 0 Å². The van der Waals surface area contributed by atoms with Gasteiger partial charge in [0.1, 0.15) is 0 Å². The number of ether oxygens (including phenoxy) is 1. The molecule has 2 N–H and O–H groups in total. The van der Waals surface area contributed by atoms with Gasteiger partial charge in [0, 0.05) is 19.0 Å². The molecule has 0 aromatic carbocycles. The first-order valence-corrected chi connectivity index (χ1v) is 13.1. The van der Waals surface area contributed by atoms with Crippen molar-refractivity contribution in [2.45, 2.75) is 90.4 Å². The number of hydrogen-bond donors (Lipinski definition) is 2. The van der Waals surface area contributed by atoms with Gasteiger partial charge >= 0.3 is 0 Å². The lowest BCUT2D eigenvalue weighted by atomic mass is 9.61. The molecule has 1 heterocycles. The molecule has 3 saturated carbocycles. The Morgan fingerprint density at radius 2 is 2.09 bits per heavy atom. The van der Waals surface area contributed by atoms with Gasteiger partial charge in [-0.15, -0.1) is 0 Å². The fourth-order valence-electron chi connectivity index (χ4n) is 7.34. The normalized spacial score (nSPS) is 42.4. The second kappa shape index (κ2) is 10.1. The minimum Gasteiger partial charge on any atom is -0.393 e. The van der Waals surface area contributed by atoms with Crippen LogP contribution in [0.2, 0.25) is 0 Å². The first-order valence-electron chi connectivity index (χ1n) is 13.1. The minimum absolute atomic E-state index is 0.404. The van der Waals surface area contributed by atoms with E-state index in [0.29, 0.717) is 30.2 Å². The highest BCUT2D eigenvalue weighted by molar-refractivity contribution is 5.38. The summed E-state index contributed by atoms with van der Waals surface area (Å²) in [5.41, 5.74) is 3.81. The van der Waals surface area contributed by atoms with Crippen molar-refractivity contribution in [2.75, 3.05) is 26.3 Å². The molecule has 0 aromatic heterocycles. The third-order valence-electron chi connectivity index (χ3n) is 9.37. The summed E-state index contributed by atoms with van der Waals surface area (Å²) in [6, 6.07) is 0.548. The molecule has 1 saturated heterocycles. The predicted octanol–water partition coefficient (Wildman–Crippen LogP) is 4.87. The van der Waals surface area contributed by atoms with Crippen molar-refractivity contribution in [2.24, 2.45) is 23.2 Å². The molecule has 4 fully saturated rings. The van der Waals surface area contributed by atoms with Crippen molar-refractivity contribution in [3.8, 4) is 0 Å². The summed E-state index contributed by atoms with van der Waals surface area (Å²) in [6.07, 6.45) is 12.2. The summed E-state index contributed by atoms with van der Waals surface area (Å²) in [6.45, 7) is 15.5. The molecule has 7 atom stereocenters. The number of aliphatic hydroxyl groups is 2. The number of nitrogens with zero attached hydrogens (tertiary/aromatic N) is 1. The standard InChI is InChI=1S/C28H45NO3/c1-19(11-13-29-14-15-32-18-20(29)2)25-9-10-26-22(6-5-12-28(25,26)4)7-8-23-16-24(30)17-27(31)21(23)3/h7-8,19-20,24-27,30-31H,3,5-6,9-18H2,1-2,4H3/b22-7+,23-8-/t19-,20+,24-,25-,26+,27-,28-/m1/s1. The summed E-state index contributed by atoms with van der Waals surface area (Å²) in [5, 5.41) is 20.3. The maximum Gasteiger partial charge on any atom is 0.0811 e. The molecule has 1 aliphatic heterocycles. The van der Waals surface area contributed by atoms with Gasteiger partial charge in [-0.1, -0.05) is 38.2 Å². The molecule has 4 heteroatoms. The van der Waals surface area contributed by atoms with E-state index in [1.54, 1.807) is 5.57 Å². The minimum atomic E-state index is -0.606. The Morgan fingerprint density at radius 3 is 2.88 bits per heavy atom. The first-order chi connectivity index (χ1) is 15.3. The van der Waals surface area contributed by atoms with Crippen LogP contribution in [-0.4, -0.2) is 59.7 Å². The smallest absolute Gasteiger partial charge is 0.0811 e. The summed E-state index contributed by atoms with van der Waals surface area (Å²) in [4.78, 5) is 2.62. The van der Waals surface area contributed by atoms with Crippen molar-refractivity contribution >= 4 is 0 Å². The van der Waals surface area contributed by atoms with Crippen LogP contribution in [0.5, 0.6) is 0 Å². The zero-order chi connectivity index (χ0) is 22.9. The second-order valence-corrected chi connectivity index (χ2v) is 11.4. The average molecular weight is 444 g/mol. The van der Waals surface area contributed by atoms with Gasteiger partial charge in [0.05, 0.1) is 25.4 Å². The Bertz CT molecular complexity index is 743. The van der Waals surface area contributed by atoms with Gasteiger partial charge < -0.3 is 14.9 Å². The molecule has 0 spiro atoms. The van der Waals surface area contributed by atoms with Gasteiger partial charge in [-0.25, -0.2) is 0 Å². The third kappa shape index (κ3) is 4.94. The highest BCUT2D eigenvalue weighted by Crippen LogP contribution is 2.59. The third-order valence-corrected chi connectivity index (χ3v) is 9.37. The summed E-state index contributed by atoms with van der Waals surface area (Å²) in [5.74, 6) is 2.23. The van der Waals surface area contributed by atoms with E-state index >= 15 is 0 Å². The van der Waals surface area contributed by atoms with E-state index in [9.17, 15) is 10.2 Å². The number of hydrogen-bond acceptors (Lipinski definition) is 4. The van der Waals surface area contributed by atoms with Gasteiger partial charge in [0.2, 0.25) is 0 Å². The number of allylic oxidation sites excluding steroid dienone is 3. The molecule has 4 nitrogen and oxygen atoms in total. The van der Waals surface area contributed by atoms with E-state index in [4.69, 9.17) is 4.74 Å². The summed E-state index contributed by atoms with van der Waals surface area (Å²) in [7, 11) is 0. The summed E-state index contributed by atoms with van der Waals surface area (Å²) >= 11 is 0. The fourth-order valence-corrected chi connectivity index (χ4v) is 7.34. The van der Waals surface area contributed by atoms with Gasteiger partial charge in [-0.3, -0.25) is 4.90 Å². The lowest BCUT2D eigenvalue weighted by Gasteiger charge is -2.45. The quantitative estimate of drug-likeness (QED) is 0.636.